The fourth-order valence-corrected chi connectivity index (χ4v) is 4.50. The predicted octanol–water partition coefficient (Wildman–Crippen LogP) is 4.87. The second-order valence-electron chi connectivity index (χ2n) is 7.46. The van der Waals surface area contributed by atoms with E-state index < -0.39 is 0 Å². The number of rotatable bonds is 4. The number of halogens is 2. The van der Waals surface area contributed by atoms with Crippen molar-refractivity contribution in [3.8, 4) is 0 Å². The zero-order valence-electron chi connectivity index (χ0n) is 14.7. The lowest BCUT2D eigenvalue weighted by Crippen LogP contribution is -2.27. The molecular weight excluding hydrogens is 381 g/mol. The van der Waals surface area contributed by atoms with Crippen molar-refractivity contribution in [1.29, 1.82) is 0 Å². The van der Waals surface area contributed by atoms with Crippen molar-refractivity contribution in [2.45, 2.75) is 37.8 Å². The van der Waals surface area contributed by atoms with Gasteiger partial charge < -0.3 is 9.47 Å². The number of amides is 1. The summed E-state index contributed by atoms with van der Waals surface area (Å²) in [5.41, 5.74) is 3.01. The molecule has 2 heterocycles. The van der Waals surface area contributed by atoms with Crippen LogP contribution in [0.2, 0.25) is 10.0 Å². The molecule has 27 heavy (non-hydrogen) atoms. The first kappa shape index (κ1) is 17.1. The van der Waals surface area contributed by atoms with Gasteiger partial charge in [-0.2, -0.15) is 0 Å². The van der Waals surface area contributed by atoms with Crippen molar-refractivity contribution in [2.75, 3.05) is 6.54 Å². The summed E-state index contributed by atoms with van der Waals surface area (Å²) < 4.78 is 2.21. The van der Waals surface area contributed by atoms with E-state index >= 15 is 0 Å². The van der Waals surface area contributed by atoms with Gasteiger partial charge in [0.05, 0.1) is 17.6 Å². The SMILES string of the molecule is O=C1CC(c2nc3ccccc3n2Cc2ccc(Cl)cc2Cl)CN1C1CC1. The van der Waals surface area contributed by atoms with Crippen LogP contribution >= 0.6 is 23.2 Å². The number of imidazole rings is 1. The van der Waals surface area contributed by atoms with Crippen LogP contribution in [0.3, 0.4) is 0 Å². The number of nitrogens with zero attached hydrogens (tertiary/aromatic N) is 3. The molecule has 1 unspecified atom stereocenters. The topological polar surface area (TPSA) is 38.1 Å². The molecule has 0 N–H and O–H groups in total. The standard InChI is InChI=1S/C21H19Cl2N3O/c22-15-6-5-13(17(23)10-15)11-26-19-4-2-1-3-18(19)24-21(26)14-9-20(27)25(12-14)16-7-8-16/h1-6,10,14,16H,7-9,11-12H2. The Bertz CT molecular complexity index is 1040. The Labute approximate surface area is 167 Å². The second-order valence-corrected chi connectivity index (χ2v) is 8.30. The summed E-state index contributed by atoms with van der Waals surface area (Å²) in [5.74, 6) is 1.35. The van der Waals surface area contributed by atoms with Gasteiger partial charge in [-0.3, -0.25) is 4.79 Å². The Morgan fingerprint density at radius 3 is 2.70 bits per heavy atom. The summed E-state index contributed by atoms with van der Waals surface area (Å²) >= 11 is 12.5. The predicted molar refractivity (Wildman–Crippen MR) is 107 cm³/mol. The van der Waals surface area contributed by atoms with Gasteiger partial charge in [-0.15, -0.1) is 0 Å². The molecule has 1 saturated carbocycles. The van der Waals surface area contributed by atoms with Crippen LogP contribution < -0.4 is 0 Å². The van der Waals surface area contributed by atoms with Crippen LogP contribution in [0, 0.1) is 0 Å². The largest absolute Gasteiger partial charge is 0.339 e. The van der Waals surface area contributed by atoms with Crippen LogP contribution in [0.15, 0.2) is 42.5 Å². The minimum atomic E-state index is 0.122. The third-order valence-electron chi connectivity index (χ3n) is 5.54. The molecule has 1 aromatic heterocycles. The van der Waals surface area contributed by atoms with Crippen molar-refractivity contribution in [2.24, 2.45) is 0 Å². The van der Waals surface area contributed by atoms with Crippen LogP contribution in [0.1, 0.15) is 36.6 Å². The smallest absolute Gasteiger partial charge is 0.223 e. The highest BCUT2D eigenvalue weighted by Crippen LogP contribution is 2.37. The monoisotopic (exact) mass is 399 g/mol. The molecule has 1 aliphatic carbocycles. The average Bonchev–Trinajstić information content (AvgIpc) is 3.32. The normalized spacial score (nSPS) is 20.0. The summed E-state index contributed by atoms with van der Waals surface area (Å²) in [6.45, 7) is 1.38. The van der Waals surface area contributed by atoms with E-state index in [0.717, 1.165) is 41.8 Å². The number of hydrogen-bond acceptors (Lipinski definition) is 2. The van der Waals surface area contributed by atoms with Gasteiger partial charge in [-0.05, 0) is 42.7 Å². The van der Waals surface area contributed by atoms with E-state index in [2.05, 4.69) is 10.6 Å². The number of carbonyl (C=O) groups excluding carboxylic acids is 1. The molecule has 1 atom stereocenters. The number of aromatic nitrogens is 2. The van der Waals surface area contributed by atoms with Gasteiger partial charge in [0.2, 0.25) is 5.91 Å². The maximum Gasteiger partial charge on any atom is 0.223 e. The number of fused-ring (bicyclic) bond motifs is 1. The average molecular weight is 400 g/mol. The number of para-hydroxylation sites is 2. The van der Waals surface area contributed by atoms with Crippen molar-refractivity contribution in [1.82, 2.24) is 14.5 Å². The molecule has 138 valence electrons. The molecular formula is C21H19Cl2N3O. The Morgan fingerprint density at radius 1 is 1.11 bits per heavy atom. The van der Waals surface area contributed by atoms with E-state index in [9.17, 15) is 4.79 Å². The van der Waals surface area contributed by atoms with Crippen LogP contribution in [0.5, 0.6) is 0 Å². The number of likely N-dealkylation sites (tertiary alicyclic amines) is 1. The molecule has 0 spiro atoms. The number of carbonyl (C=O) groups is 1. The fraction of sp³-hybridized carbons (Fsp3) is 0.333. The minimum Gasteiger partial charge on any atom is -0.339 e. The van der Waals surface area contributed by atoms with E-state index in [1.165, 1.54) is 0 Å². The molecule has 5 rings (SSSR count). The number of benzene rings is 2. The lowest BCUT2D eigenvalue weighted by atomic mass is 10.1. The van der Waals surface area contributed by atoms with E-state index in [-0.39, 0.29) is 11.8 Å². The van der Waals surface area contributed by atoms with Gasteiger partial charge in [0.25, 0.3) is 0 Å². The lowest BCUT2D eigenvalue weighted by Gasteiger charge is -2.17. The maximum absolute atomic E-state index is 12.5. The third kappa shape index (κ3) is 3.11. The first-order chi connectivity index (χ1) is 13.1. The van der Waals surface area contributed by atoms with Crippen LogP contribution in [-0.2, 0) is 11.3 Å². The van der Waals surface area contributed by atoms with E-state index in [4.69, 9.17) is 28.2 Å². The zero-order valence-corrected chi connectivity index (χ0v) is 16.2. The first-order valence-electron chi connectivity index (χ1n) is 9.28. The molecule has 1 amide bonds. The quantitative estimate of drug-likeness (QED) is 0.627. The van der Waals surface area contributed by atoms with Crippen LogP contribution in [0.4, 0.5) is 0 Å². The molecule has 2 aromatic carbocycles. The summed E-state index contributed by atoms with van der Waals surface area (Å²) in [6.07, 6.45) is 2.80. The van der Waals surface area contributed by atoms with Crippen LogP contribution in [0.25, 0.3) is 11.0 Å². The highest BCUT2D eigenvalue weighted by Gasteiger charge is 2.41. The van der Waals surface area contributed by atoms with Crippen molar-refractivity contribution >= 4 is 40.1 Å². The Hall–Kier alpha value is -2.04. The Balaban J connectivity index is 1.56. The first-order valence-corrected chi connectivity index (χ1v) is 10.0. The zero-order chi connectivity index (χ0) is 18.5. The van der Waals surface area contributed by atoms with E-state index in [1.807, 2.05) is 35.2 Å². The molecule has 3 aromatic rings. The van der Waals surface area contributed by atoms with Crippen molar-refractivity contribution in [3.63, 3.8) is 0 Å². The molecule has 0 radical (unpaired) electrons. The summed E-state index contributed by atoms with van der Waals surface area (Å²) in [7, 11) is 0. The summed E-state index contributed by atoms with van der Waals surface area (Å²) in [4.78, 5) is 19.4. The lowest BCUT2D eigenvalue weighted by molar-refractivity contribution is -0.128. The van der Waals surface area contributed by atoms with Crippen molar-refractivity contribution < 1.29 is 4.79 Å². The fourth-order valence-electron chi connectivity index (χ4n) is 4.04. The Kier molecular flexibility index (Phi) is 4.14. The van der Waals surface area contributed by atoms with Gasteiger partial charge in [0, 0.05) is 35.0 Å². The Morgan fingerprint density at radius 2 is 1.93 bits per heavy atom. The molecule has 4 nitrogen and oxygen atoms in total. The minimum absolute atomic E-state index is 0.122. The van der Waals surface area contributed by atoms with Gasteiger partial charge >= 0.3 is 0 Å². The molecule has 1 aliphatic heterocycles. The van der Waals surface area contributed by atoms with E-state index in [1.54, 1.807) is 6.07 Å². The van der Waals surface area contributed by atoms with E-state index in [0.29, 0.717) is 29.1 Å². The number of hydrogen-bond donors (Lipinski definition) is 0. The molecule has 2 aliphatic rings. The van der Waals surface area contributed by atoms with Crippen molar-refractivity contribution in [3.05, 3.63) is 63.9 Å². The van der Waals surface area contributed by atoms with Gasteiger partial charge in [-0.25, -0.2) is 4.98 Å². The highest BCUT2D eigenvalue weighted by molar-refractivity contribution is 6.35. The maximum atomic E-state index is 12.5. The molecule has 0 bridgehead atoms. The summed E-state index contributed by atoms with van der Waals surface area (Å²) in [5, 5.41) is 1.27. The van der Waals surface area contributed by atoms with Gasteiger partial charge in [0.15, 0.2) is 0 Å². The second kappa shape index (κ2) is 6.54. The highest BCUT2D eigenvalue weighted by atomic mass is 35.5. The molecule has 2 fully saturated rings. The molecule has 6 heteroatoms. The third-order valence-corrected chi connectivity index (χ3v) is 6.13. The summed E-state index contributed by atoms with van der Waals surface area (Å²) in [6, 6.07) is 14.1. The molecule has 1 saturated heterocycles. The van der Waals surface area contributed by atoms with Crippen LogP contribution in [-0.4, -0.2) is 32.9 Å². The van der Waals surface area contributed by atoms with Gasteiger partial charge in [-0.1, -0.05) is 41.4 Å². The van der Waals surface area contributed by atoms with Gasteiger partial charge in [0.1, 0.15) is 5.82 Å².